The van der Waals surface area contributed by atoms with Crippen molar-refractivity contribution in [1.29, 1.82) is 0 Å². The van der Waals surface area contributed by atoms with Gasteiger partial charge in [-0.25, -0.2) is 5.43 Å². The largest absolute Gasteiger partial charge is 0.496 e. The van der Waals surface area contributed by atoms with Gasteiger partial charge in [0, 0.05) is 26.3 Å². The number of carbonyl (C=O) groups is 1. The molecule has 0 aliphatic heterocycles. The van der Waals surface area contributed by atoms with E-state index in [1.807, 2.05) is 18.2 Å². The molecular formula is C19H15BrCl2N4O2. The smallest absolute Gasteiger partial charge is 0.291 e. The summed E-state index contributed by atoms with van der Waals surface area (Å²) >= 11 is 15.5. The topological polar surface area (TPSA) is 68.5 Å². The molecule has 144 valence electrons. The molecule has 2 aromatic carbocycles. The fourth-order valence-electron chi connectivity index (χ4n) is 2.42. The van der Waals surface area contributed by atoms with Crippen molar-refractivity contribution >= 4 is 51.3 Å². The third-order valence-electron chi connectivity index (χ3n) is 3.78. The summed E-state index contributed by atoms with van der Waals surface area (Å²) in [5.41, 5.74) is 4.26. The normalized spacial score (nSPS) is 11.0. The summed E-state index contributed by atoms with van der Waals surface area (Å²) in [6.45, 7) is 0.418. The number of amides is 1. The second kappa shape index (κ2) is 9.23. The molecule has 1 amide bonds. The number of nitrogens with one attached hydrogen (secondary N) is 1. The predicted molar refractivity (Wildman–Crippen MR) is 114 cm³/mol. The van der Waals surface area contributed by atoms with Crippen LogP contribution in [0.3, 0.4) is 0 Å². The van der Waals surface area contributed by atoms with Crippen LogP contribution in [-0.4, -0.2) is 29.0 Å². The quantitative estimate of drug-likeness (QED) is 0.407. The molecule has 0 unspecified atom stereocenters. The predicted octanol–water partition coefficient (Wildman–Crippen LogP) is 4.77. The number of carbonyl (C=O) groups excluding carboxylic acids is 1. The van der Waals surface area contributed by atoms with Gasteiger partial charge in [-0.1, -0.05) is 45.2 Å². The molecule has 9 heteroatoms. The van der Waals surface area contributed by atoms with Crippen molar-refractivity contribution in [3.8, 4) is 5.75 Å². The molecule has 6 nitrogen and oxygen atoms in total. The second-order valence-corrected chi connectivity index (χ2v) is 7.48. The van der Waals surface area contributed by atoms with Crippen LogP contribution >= 0.6 is 39.1 Å². The summed E-state index contributed by atoms with van der Waals surface area (Å²) in [4.78, 5) is 12.2. The number of rotatable bonds is 6. The van der Waals surface area contributed by atoms with Crippen LogP contribution in [0.2, 0.25) is 10.0 Å². The lowest BCUT2D eigenvalue weighted by Crippen LogP contribution is -2.18. The van der Waals surface area contributed by atoms with Crippen molar-refractivity contribution in [1.82, 2.24) is 15.2 Å². The summed E-state index contributed by atoms with van der Waals surface area (Å²) in [6, 6.07) is 12.3. The van der Waals surface area contributed by atoms with E-state index in [1.54, 1.807) is 42.3 Å². The highest BCUT2D eigenvalue weighted by molar-refractivity contribution is 9.10. The van der Waals surface area contributed by atoms with Crippen LogP contribution in [0.25, 0.3) is 0 Å². The third kappa shape index (κ3) is 5.13. The van der Waals surface area contributed by atoms with Crippen LogP contribution < -0.4 is 10.2 Å². The van der Waals surface area contributed by atoms with Crippen LogP contribution in [0.15, 0.2) is 58.2 Å². The highest BCUT2D eigenvalue weighted by atomic mass is 79.9. The molecule has 1 N–H and O–H groups in total. The van der Waals surface area contributed by atoms with E-state index in [1.165, 1.54) is 6.21 Å². The van der Waals surface area contributed by atoms with Crippen LogP contribution in [0.1, 0.15) is 21.6 Å². The Balaban J connectivity index is 1.65. The number of benzene rings is 2. The number of hydrogen-bond acceptors (Lipinski definition) is 4. The van der Waals surface area contributed by atoms with Gasteiger partial charge in [-0.05, 0) is 42.0 Å². The van der Waals surface area contributed by atoms with E-state index >= 15 is 0 Å². The van der Waals surface area contributed by atoms with Gasteiger partial charge in [-0.2, -0.15) is 10.2 Å². The van der Waals surface area contributed by atoms with Crippen LogP contribution in [-0.2, 0) is 6.54 Å². The highest BCUT2D eigenvalue weighted by Gasteiger charge is 2.10. The molecule has 0 saturated heterocycles. The van der Waals surface area contributed by atoms with Crippen molar-refractivity contribution in [3.05, 3.63) is 80.0 Å². The first-order valence-electron chi connectivity index (χ1n) is 8.10. The van der Waals surface area contributed by atoms with Crippen molar-refractivity contribution in [3.63, 3.8) is 0 Å². The minimum absolute atomic E-state index is 0.239. The van der Waals surface area contributed by atoms with E-state index in [0.29, 0.717) is 22.3 Å². The molecule has 0 aliphatic rings. The van der Waals surface area contributed by atoms with Crippen molar-refractivity contribution in [2.24, 2.45) is 5.10 Å². The molecule has 3 aromatic rings. The van der Waals surface area contributed by atoms with Gasteiger partial charge < -0.3 is 4.74 Å². The van der Waals surface area contributed by atoms with E-state index in [4.69, 9.17) is 27.9 Å². The molecule has 0 saturated carbocycles. The number of hydrogen-bond donors (Lipinski definition) is 1. The van der Waals surface area contributed by atoms with E-state index in [2.05, 4.69) is 31.6 Å². The summed E-state index contributed by atoms with van der Waals surface area (Å²) in [6.07, 6.45) is 3.20. The van der Waals surface area contributed by atoms with Gasteiger partial charge in [0.05, 0.1) is 19.9 Å². The fraction of sp³-hybridized carbons (Fsp3) is 0.105. The van der Waals surface area contributed by atoms with E-state index in [0.717, 1.165) is 15.6 Å². The van der Waals surface area contributed by atoms with Gasteiger partial charge >= 0.3 is 0 Å². The molecule has 3 rings (SSSR count). The molecule has 1 heterocycles. The molecule has 28 heavy (non-hydrogen) atoms. The number of methoxy groups -OCH3 is 1. The zero-order valence-corrected chi connectivity index (χ0v) is 17.8. The van der Waals surface area contributed by atoms with Gasteiger partial charge in [-0.15, -0.1) is 0 Å². The molecule has 0 aliphatic carbocycles. The summed E-state index contributed by atoms with van der Waals surface area (Å²) in [5, 5.41) is 9.33. The van der Waals surface area contributed by atoms with Gasteiger partial charge in [-0.3, -0.25) is 9.48 Å². The summed E-state index contributed by atoms with van der Waals surface area (Å²) < 4.78 is 7.75. The lowest BCUT2D eigenvalue weighted by Gasteiger charge is -2.05. The maximum Gasteiger partial charge on any atom is 0.291 e. The van der Waals surface area contributed by atoms with Gasteiger partial charge in [0.25, 0.3) is 5.91 Å². The SMILES string of the molecule is COc1ccc(Br)cc1/C=N\NC(=O)c1ccn(Cc2ccc(Cl)cc2Cl)n1. The number of nitrogens with zero attached hydrogens (tertiary/aromatic N) is 3. The number of aromatic nitrogens is 2. The maximum absolute atomic E-state index is 12.2. The second-order valence-electron chi connectivity index (χ2n) is 5.72. The highest BCUT2D eigenvalue weighted by Crippen LogP contribution is 2.22. The molecular weight excluding hydrogens is 467 g/mol. The van der Waals surface area contributed by atoms with Crippen LogP contribution in [0.4, 0.5) is 0 Å². The van der Waals surface area contributed by atoms with Gasteiger partial charge in [0.15, 0.2) is 5.69 Å². The first-order valence-corrected chi connectivity index (χ1v) is 9.65. The zero-order valence-electron chi connectivity index (χ0n) is 14.7. The molecule has 0 spiro atoms. The Morgan fingerprint density at radius 1 is 1.29 bits per heavy atom. The summed E-state index contributed by atoms with van der Waals surface area (Å²) in [7, 11) is 1.57. The van der Waals surface area contributed by atoms with E-state index in [9.17, 15) is 4.79 Å². The van der Waals surface area contributed by atoms with Gasteiger partial charge in [0.1, 0.15) is 5.75 Å². The lowest BCUT2D eigenvalue weighted by molar-refractivity contribution is 0.0949. The fourth-order valence-corrected chi connectivity index (χ4v) is 3.27. The van der Waals surface area contributed by atoms with Crippen LogP contribution in [0, 0.1) is 0 Å². The zero-order chi connectivity index (χ0) is 20.1. The van der Waals surface area contributed by atoms with Crippen LogP contribution in [0.5, 0.6) is 5.75 Å². The lowest BCUT2D eigenvalue weighted by atomic mass is 10.2. The molecule has 0 atom stereocenters. The Bertz CT molecular complexity index is 1040. The Morgan fingerprint density at radius 3 is 2.86 bits per heavy atom. The average Bonchev–Trinajstić information content (AvgIpc) is 3.13. The third-order valence-corrected chi connectivity index (χ3v) is 4.86. The molecule has 0 radical (unpaired) electrons. The average molecular weight is 482 g/mol. The van der Waals surface area contributed by atoms with E-state index in [-0.39, 0.29) is 5.69 Å². The number of halogens is 3. The monoisotopic (exact) mass is 480 g/mol. The Hall–Kier alpha value is -2.35. The van der Waals surface area contributed by atoms with Crippen molar-refractivity contribution < 1.29 is 9.53 Å². The Morgan fingerprint density at radius 2 is 2.11 bits per heavy atom. The minimum Gasteiger partial charge on any atom is -0.496 e. The maximum atomic E-state index is 12.2. The minimum atomic E-state index is -0.425. The molecule has 1 aromatic heterocycles. The summed E-state index contributed by atoms with van der Waals surface area (Å²) in [5.74, 6) is 0.219. The first kappa shape index (κ1) is 20.4. The number of ether oxygens (including phenoxy) is 1. The first-order chi connectivity index (χ1) is 13.5. The molecule has 0 bridgehead atoms. The van der Waals surface area contributed by atoms with Crippen molar-refractivity contribution in [2.75, 3.05) is 7.11 Å². The van der Waals surface area contributed by atoms with Crippen molar-refractivity contribution in [2.45, 2.75) is 6.54 Å². The Labute approximate surface area is 180 Å². The standard InChI is InChI=1S/C19H15BrCl2N4O2/c1-28-18-5-3-14(20)8-13(18)10-23-24-19(27)17-6-7-26(25-17)11-12-2-4-15(21)9-16(12)22/h2-10H,11H2,1H3,(H,24,27)/b23-10-. The Kier molecular flexibility index (Phi) is 6.72. The molecule has 0 fully saturated rings. The van der Waals surface area contributed by atoms with E-state index < -0.39 is 5.91 Å². The van der Waals surface area contributed by atoms with Gasteiger partial charge in [0.2, 0.25) is 0 Å². The number of hydrazone groups is 1.